The number of aryl methyl sites for hydroxylation is 1. The van der Waals surface area contributed by atoms with Gasteiger partial charge in [0.25, 0.3) is 5.91 Å². The molecule has 0 bridgehead atoms. The van der Waals surface area contributed by atoms with Gasteiger partial charge in [-0.05, 0) is 13.3 Å². The Morgan fingerprint density at radius 2 is 2.50 bits per heavy atom. The zero-order valence-electron chi connectivity index (χ0n) is 8.28. The Hall–Kier alpha value is -0.940. The summed E-state index contributed by atoms with van der Waals surface area (Å²) in [5, 5.41) is 12.5. The van der Waals surface area contributed by atoms with Crippen LogP contribution in [0.3, 0.4) is 0 Å². The summed E-state index contributed by atoms with van der Waals surface area (Å²) in [5.41, 5.74) is 0. The van der Waals surface area contributed by atoms with Crippen LogP contribution in [0.5, 0.6) is 0 Å². The average molecular weight is 214 g/mol. The minimum atomic E-state index is -0.162. The van der Waals surface area contributed by atoms with Crippen molar-refractivity contribution in [1.82, 2.24) is 10.3 Å². The van der Waals surface area contributed by atoms with Crippen molar-refractivity contribution in [3.05, 3.63) is 16.1 Å². The number of aliphatic hydroxyl groups excluding tert-OH is 1. The van der Waals surface area contributed by atoms with Crippen LogP contribution in [0, 0.1) is 6.92 Å². The Balaban J connectivity index is 2.58. The van der Waals surface area contributed by atoms with Crippen LogP contribution in [-0.4, -0.2) is 28.6 Å². The summed E-state index contributed by atoms with van der Waals surface area (Å²) in [6.45, 7) is 3.74. The number of nitrogens with one attached hydrogen (secondary N) is 1. The van der Waals surface area contributed by atoms with Crippen LogP contribution in [0.25, 0.3) is 0 Å². The molecule has 0 radical (unpaired) electrons. The maximum absolute atomic E-state index is 11.5. The van der Waals surface area contributed by atoms with Crippen molar-refractivity contribution in [2.45, 2.75) is 26.3 Å². The Labute approximate surface area is 87.0 Å². The van der Waals surface area contributed by atoms with Gasteiger partial charge in [0.1, 0.15) is 4.88 Å². The van der Waals surface area contributed by atoms with E-state index in [4.69, 9.17) is 5.11 Å². The van der Waals surface area contributed by atoms with E-state index in [2.05, 4.69) is 10.3 Å². The maximum Gasteiger partial charge on any atom is 0.263 e. The summed E-state index contributed by atoms with van der Waals surface area (Å²) < 4.78 is 0. The lowest BCUT2D eigenvalue weighted by atomic mass is 10.2. The van der Waals surface area contributed by atoms with E-state index < -0.39 is 0 Å². The van der Waals surface area contributed by atoms with E-state index in [0.29, 0.717) is 4.88 Å². The zero-order chi connectivity index (χ0) is 10.6. The van der Waals surface area contributed by atoms with Crippen molar-refractivity contribution in [2.75, 3.05) is 6.61 Å². The molecule has 0 fully saturated rings. The Morgan fingerprint density at radius 1 is 1.79 bits per heavy atom. The number of aromatic nitrogens is 1. The molecule has 0 aliphatic rings. The highest BCUT2D eigenvalue weighted by Gasteiger charge is 2.12. The first-order chi connectivity index (χ1) is 6.67. The first-order valence-corrected chi connectivity index (χ1v) is 5.33. The molecule has 5 heteroatoms. The fourth-order valence-electron chi connectivity index (χ4n) is 1.000. The molecule has 0 saturated carbocycles. The molecule has 0 unspecified atom stereocenters. The fourth-order valence-corrected chi connectivity index (χ4v) is 1.68. The number of carbonyl (C=O) groups is 1. The highest BCUT2D eigenvalue weighted by atomic mass is 32.1. The maximum atomic E-state index is 11.5. The standard InChI is InChI=1S/C9H14N2O2S/c1-3-7(5-12)11-9(13)8-4-10-6(2)14-8/h4,7,12H,3,5H2,1-2H3,(H,11,13)/t7-/m0/s1. The number of thiazole rings is 1. The van der Waals surface area contributed by atoms with Gasteiger partial charge in [-0.15, -0.1) is 11.3 Å². The smallest absolute Gasteiger partial charge is 0.263 e. The van der Waals surface area contributed by atoms with Crippen molar-refractivity contribution in [3.63, 3.8) is 0 Å². The minimum Gasteiger partial charge on any atom is -0.394 e. The highest BCUT2D eigenvalue weighted by Crippen LogP contribution is 2.11. The largest absolute Gasteiger partial charge is 0.394 e. The van der Waals surface area contributed by atoms with E-state index in [9.17, 15) is 4.79 Å². The molecule has 1 rings (SSSR count). The third-order valence-electron chi connectivity index (χ3n) is 1.89. The molecular formula is C9H14N2O2S. The summed E-state index contributed by atoms with van der Waals surface area (Å²) in [6, 6.07) is -0.162. The molecule has 2 N–H and O–H groups in total. The molecule has 78 valence electrons. The molecule has 0 aromatic carbocycles. The van der Waals surface area contributed by atoms with E-state index >= 15 is 0 Å². The SMILES string of the molecule is CC[C@@H](CO)NC(=O)c1cnc(C)s1. The second-order valence-electron chi connectivity index (χ2n) is 3.00. The topological polar surface area (TPSA) is 62.2 Å². The van der Waals surface area contributed by atoms with Crippen LogP contribution in [0.1, 0.15) is 28.0 Å². The summed E-state index contributed by atoms with van der Waals surface area (Å²) >= 11 is 1.35. The predicted octanol–water partition coefficient (Wildman–Crippen LogP) is 0.952. The van der Waals surface area contributed by atoms with Crippen molar-refractivity contribution >= 4 is 17.2 Å². The van der Waals surface area contributed by atoms with Gasteiger partial charge in [-0.25, -0.2) is 4.98 Å². The van der Waals surface area contributed by atoms with Crippen LogP contribution >= 0.6 is 11.3 Å². The highest BCUT2D eigenvalue weighted by molar-refractivity contribution is 7.13. The lowest BCUT2D eigenvalue weighted by molar-refractivity contribution is 0.0919. The van der Waals surface area contributed by atoms with Crippen molar-refractivity contribution in [1.29, 1.82) is 0 Å². The molecule has 0 aliphatic carbocycles. The van der Waals surface area contributed by atoms with E-state index in [0.717, 1.165) is 11.4 Å². The molecule has 1 aromatic rings. The number of hydrogen-bond acceptors (Lipinski definition) is 4. The number of carbonyl (C=O) groups excluding carboxylic acids is 1. The molecule has 14 heavy (non-hydrogen) atoms. The molecule has 1 amide bonds. The van der Waals surface area contributed by atoms with E-state index in [1.165, 1.54) is 11.3 Å². The van der Waals surface area contributed by atoms with Gasteiger partial charge in [0.15, 0.2) is 0 Å². The molecule has 4 nitrogen and oxygen atoms in total. The molecule has 0 spiro atoms. The number of nitrogens with zero attached hydrogens (tertiary/aromatic N) is 1. The second-order valence-corrected chi connectivity index (χ2v) is 4.24. The van der Waals surface area contributed by atoms with Crippen LogP contribution in [0.15, 0.2) is 6.20 Å². The number of aliphatic hydroxyl groups is 1. The second kappa shape index (κ2) is 5.07. The quantitative estimate of drug-likeness (QED) is 0.784. The van der Waals surface area contributed by atoms with Gasteiger partial charge in [0, 0.05) is 0 Å². The summed E-state index contributed by atoms with van der Waals surface area (Å²) in [5.74, 6) is -0.156. The normalized spacial score (nSPS) is 12.5. The van der Waals surface area contributed by atoms with E-state index in [-0.39, 0.29) is 18.6 Å². The summed E-state index contributed by atoms with van der Waals surface area (Å²) in [4.78, 5) is 16.1. The first kappa shape index (κ1) is 11.1. The van der Waals surface area contributed by atoms with Gasteiger partial charge < -0.3 is 10.4 Å². The summed E-state index contributed by atoms with van der Waals surface area (Å²) in [6.07, 6.45) is 2.28. The van der Waals surface area contributed by atoms with Crippen LogP contribution in [0.2, 0.25) is 0 Å². The Morgan fingerprint density at radius 3 is 2.93 bits per heavy atom. The Bertz CT molecular complexity index is 308. The van der Waals surface area contributed by atoms with Crippen molar-refractivity contribution in [2.24, 2.45) is 0 Å². The van der Waals surface area contributed by atoms with Crippen LogP contribution < -0.4 is 5.32 Å². The molecule has 1 heterocycles. The molecule has 1 aromatic heterocycles. The van der Waals surface area contributed by atoms with Gasteiger partial charge in [-0.1, -0.05) is 6.92 Å². The lowest BCUT2D eigenvalue weighted by Crippen LogP contribution is -2.36. The van der Waals surface area contributed by atoms with Gasteiger partial charge >= 0.3 is 0 Å². The lowest BCUT2D eigenvalue weighted by Gasteiger charge is -2.12. The molecule has 1 atom stereocenters. The van der Waals surface area contributed by atoms with E-state index in [1.54, 1.807) is 6.20 Å². The summed E-state index contributed by atoms with van der Waals surface area (Å²) in [7, 11) is 0. The van der Waals surface area contributed by atoms with Gasteiger partial charge in [-0.2, -0.15) is 0 Å². The number of amides is 1. The molecular weight excluding hydrogens is 200 g/mol. The average Bonchev–Trinajstić information content (AvgIpc) is 2.61. The minimum absolute atomic E-state index is 0.0278. The van der Waals surface area contributed by atoms with Gasteiger partial charge in [-0.3, -0.25) is 4.79 Å². The fraction of sp³-hybridized carbons (Fsp3) is 0.556. The van der Waals surface area contributed by atoms with Crippen molar-refractivity contribution < 1.29 is 9.90 Å². The van der Waals surface area contributed by atoms with Crippen LogP contribution in [0.4, 0.5) is 0 Å². The third-order valence-corrected chi connectivity index (χ3v) is 2.81. The first-order valence-electron chi connectivity index (χ1n) is 4.51. The number of rotatable bonds is 4. The zero-order valence-corrected chi connectivity index (χ0v) is 9.10. The van der Waals surface area contributed by atoms with Crippen molar-refractivity contribution in [3.8, 4) is 0 Å². The van der Waals surface area contributed by atoms with E-state index in [1.807, 2.05) is 13.8 Å². The Kier molecular flexibility index (Phi) is 4.03. The molecule has 0 aliphatic heterocycles. The van der Waals surface area contributed by atoms with Crippen LogP contribution in [-0.2, 0) is 0 Å². The third kappa shape index (κ3) is 2.78. The molecule has 0 saturated heterocycles. The number of hydrogen-bond donors (Lipinski definition) is 2. The van der Waals surface area contributed by atoms with Gasteiger partial charge in [0.05, 0.1) is 23.9 Å². The monoisotopic (exact) mass is 214 g/mol. The predicted molar refractivity (Wildman–Crippen MR) is 55.5 cm³/mol. The van der Waals surface area contributed by atoms with Gasteiger partial charge in [0.2, 0.25) is 0 Å².